The number of hydrogen-bond donors (Lipinski definition) is 1. The van der Waals surface area contributed by atoms with Crippen molar-refractivity contribution >= 4 is 0 Å². The maximum absolute atomic E-state index is 7.93. The van der Waals surface area contributed by atoms with Gasteiger partial charge in [-0.3, -0.25) is 4.90 Å². The molecule has 0 atom stereocenters. The summed E-state index contributed by atoms with van der Waals surface area (Å²) < 4.78 is 97.5. The van der Waals surface area contributed by atoms with E-state index in [9.17, 15) is 0 Å². The van der Waals surface area contributed by atoms with Gasteiger partial charge in [-0.1, -0.05) is 0 Å². The minimum atomic E-state index is -3.23. The monoisotopic (exact) mass is 182 g/mol. The molecule has 70 valence electrons. The second-order valence-electron chi connectivity index (χ2n) is 2.44. The molecule has 0 saturated carbocycles. The van der Waals surface area contributed by atoms with Crippen LogP contribution in [0.15, 0.2) is 0 Å². The van der Waals surface area contributed by atoms with Crippen LogP contribution in [0.4, 0.5) is 0 Å². The van der Waals surface area contributed by atoms with Gasteiger partial charge in [-0.15, -0.1) is 0 Å². The summed E-state index contributed by atoms with van der Waals surface area (Å²) >= 11 is 0. The Bertz CT molecular complexity index is 479. The molecule has 12 heavy (non-hydrogen) atoms. The zero-order valence-corrected chi connectivity index (χ0v) is 6.35. The Morgan fingerprint density at radius 3 is 2.58 bits per heavy atom. The number of nitrogens with one attached hydrogen (secondary N) is 1. The molecule has 0 aromatic heterocycles. The standard InChI is InChI=1S/C9H18N2O/c1-3-10-4-2-9(1)11-5-7-12-8-6-11/h9-10H,1-8H2/i3D2,4D2,5D2,6D2,7D2,8D2. The topological polar surface area (TPSA) is 24.5 Å². The van der Waals surface area contributed by atoms with Crippen molar-refractivity contribution in [1.29, 1.82) is 0 Å². The Morgan fingerprint density at radius 1 is 1.25 bits per heavy atom. The fourth-order valence-corrected chi connectivity index (χ4v) is 1.03. The Labute approximate surface area is 90.9 Å². The van der Waals surface area contributed by atoms with Crippen LogP contribution < -0.4 is 5.32 Å². The minimum Gasteiger partial charge on any atom is -0.379 e. The molecule has 0 aromatic rings. The van der Waals surface area contributed by atoms with E-state index in [1.54, 1.807) is 0 Å². The highest BCUT2D eigenvalue weighted by atomic mass is 16.5. The number of piperidine rings is 1. The molecule has 3 nitrogen and oxygen atoms in total. The summed E-state index contributed by atoms with van der Waals surface area (Å²) in [4.78, 5) is 0.236. The predicted molar refractivity (Wildman–Crippen MR) is 48.3 cm³/mol. The van der Waals surface area contributed by atoms with E-state index >= 15 is 0 Å². The van der Waals surface area contributed by atoms with Gasteiger partial charge in [0.15, 0.2) is 0 Å². The molecule has 0 aromatic carbocycles. The Morgan fingerprint density at radius 2 is 1.92 bits per heavy atom. The first-order valence-corrected chi connectivity index (χ1v) is 3.64. The first-order valence-electron chi connectivity index (χ1n) is 9.64. The molecule has 1 N–H and O–H groups in total. The summed E-state index contributed by atoms with van der Waals surface area (Å²) in [6.07, 6.45) is -1.12. The molecule has 0 bridgehead atoms. The van der Waals surface area contributed by atoms with Crippen LogP contribution in [0.3, 0.4) is 0 Å². The smallest absolute Gasteiger partial charge is 0.0594 e. The van der Waals surface area contributed by atoms with Crippen LogP contribution >= 0.6 is 0 Å². The Balaban J connectivity index is 2.55. The average Bonchev–Trinajstić information content (AvgIpc) is 2.19. The zero-order valence-electron chi connectivity index (χ0n) is 18.3. The van der Waals surface area contributed by atoms with Gasteiger partial charge in [0, 0.05) is 30.0 Å². The molecule has 0 amide bonds. The number of morpholine rings is 1. The van der Waals surface area contributed by atoms with Crippen molar-refractivity contribution in [2.75, 3.05) is 39.1 Å². The summed E-state index contributed by atoms with van der Waals surface area (Å²) in [5.74, 6) is 0. The molecule has 0 unspecified atom stereocenters. The molecule has 2 aliphatic heterocycles. The van der Waals surface area contributed by atoms with Crippen LogP contribution in [-0.4, -0.2) is 50.0 Å². The summed E-state index contributed by atoms with van der Waals surface area (Å²) in [5.41, 5.74) is 0. The SMILES string of the molecule is [2H]C1([2H])CC(N2C([2H])([2H])C([2H])([2H])OC([2H])([2H])C2([2H])[2H])CC([2H])([2H])N1. The first kappa shape index (κ1) is 2.27. The van der Waals surface area contributed by atoms with Gasteiger partial charge in [0.2, 0.25) is 0 Å². The third-order valence-corrected chi connectivity index (χ3v) is 1.65. The van der Waals surface area contributed by atoms with Crippen LogP contribution in [0, 0.1) is 0 Å². The van der Waals surface area contributed by atoms with Crippen molar-refractivity contribution in [2.45, 2.75) is 18.9 Å². The minimum absolute atomic E-state index is 0.236. The second-order valence-corrected chi connectivity index (χ2v) is 2.44. The predicted octanol–water partition coefficient (Wildman–Crippen LogP) is 0.0706. The van der Waals surface area contributed by atoms with Crippen molar-refractivity contribution < 1.29 is 21.2 Å². The highest BCUT2D eigenvalue weighted by Crippen LogP contribution is 2.12. The molecular weight excluding hydrogens is 152 g/mol. The van der Waals surface area contributed by atoms with Gasteiger partial charge in [-0.05, 0) is 25.8 Å². The number of nitrogens with zero attached hydrogens (tertiary/aromatic N) is 1. The van der Waals surface area contributed by atoms with E-state index in [1.807, 2.05) is 0 Å². The van der Waals surface area contributed by atoms with Crippen LogP contribution in [0.25, 0.3) is 0 Å². The Kier molecular flexibility index (Phi) is 0.797. The van der Waals surface area contributed by atoms with Gasteiger partial charge in [0.05, 0.1) is 18.6 Å². The Hall–Kier alpha value is -0.120. The largest absolute Gasteiger partial charge is 0.379 e. The van der Waals surface area contributed by atoms with Crippen molar-refractivity contribution in [1.82, 2.24) is 10.2 Å². The fraction of sp³-hybridized carbons (Fsp3) is 1.00. The normalized spacial score (nSPS) is 69.0. The zero-order chi connectivity index (χ0) is 19.0. The second kappa shape index (κ2) is 4.21. The summed E-state index contributed by atoms with van der Waals surface area (Å²) in [6, 6.07) is -1.45. The number of rotatable bonds is 1. The van der Waals surface area contributed by atoms with Crippen LogP contribution in [0.5, 0.6) is 0 Å². The molecule has 0 radical (unpaired) electrons. The third-order valence-electron chi connectivity index (χ3n) is 1.65. The molecule has 2 fully saturated rings. The fourth-order valence-electron chi connectivity index (χ4n) is 1.03. The van der Waals surface area contributed by atoms with Crippen molar-refractivity contribution in [2.24, 2.45) is 0 Å². The maximum Gasteiger partial charge on any atom is 0.0594 e. The molecular formula is C9H18N2O. The van der Waals surface area contributed by atoms with E-state index in [-0.39, 0.29) is 4.90 Å². The number of ether oxygens (including phenoxy) is 1. The summed E-state index contributed by atoms with van der Waals surface area (Å²) in [7, 11) is 0. The van der Waals surface area contributed by atoms with E-state index in [1.165, 1.54) is 0 Å². The van der Waals surface area contributed by atoms with E-state index in [4.69, 9.17) is 16.4 Å². The number of hydrogen-bond acceptors (Lipinski definition) is 3. The van der Waals surface area contributed by atoms with Gasteiger partial charge >= 0.3 is 0 Å². The average molecular weight is 182 g/mol. The lowest BCUT2D eigenvalue weighted by Gasteiger charge is -2.36. The molecule has 0 aliphatic carbocycles. The van der Waals surface area contributed by atoms with Crippen molar-refractivity contribution in [3.05, 3.63) is 0 Å². The lowest BCUT2D eigenvalue weighted by Crippen LogP contribution is -2.47. The molecule has 2 rings (SSSR count). The van der Waals surface area contributed by atoms with Crippen LogP contribution in [0.2, 0.25) is 0 Å². The third kappa shape index (κ3) is 1.97. The van der Waals surface area contributed by atoms with Crippen molar-refractivity contribution in [3.63, 3.8) is 0 Å². The molecule has 2 saturated heterocycles. The van der Waals surface area contributed by atoms with Gasteiger partial charge < -0.3 is 10.1 Å². The van der Waals surface area contributed by atoms with Gasteiger partial charge in [-0.25, -0.2) is 0 Å². The lowest BCUT2D eigenvalue weighted by molar-refractivity contribution is 0.0101. The first-order chi connectivity index (χ1) is 10.3. The quantitative estimate of drug-likeness (QED) is 0.621. The van der Waals surface area contributed by atoms with Crippen molar-refractivity contribution in [3.8, 4) is 0 Å². The van der Waals surface area contributed by atoms with Crippen LogP contribution in [0.1, 0.15) is 29.3 Å². The van der Waals surface area contributed by atoms with Gasteiger partial charge in [0.1, 0.15) is 0 Å². The van der Waals surface area contributed by atoms with Gasteiger partial charge in [0.25, 0.3) is 0 Å². The van der Waals surface area contributed by atoms with E-state index in [0.29, 0.717) is 0 Å². The maximum atomic E-state index is 7.93. The van der Waals surface area contributed by atoms with E-state index in [2.05, 4.69) is 10.1 Å². The summed E-state index contributed by atoms with van der Waals surface area (Å²) in [6.45, 7) is -17.4. The van der Waals surface area contributed by atoms with Gasteiger partial charge in [-0.2, -0.15) is 0 Å². The molecule has 3 heteroatoms. The van der Waals surface area contributed by atoms with E-state index in [0.717, 1.165) is 0 Å². The lowest BCUT2D eigenvalue weighted by atomic mass is 10.0. The molecule has 2 heterocycles. The highest BCUT2D eigenvalue weighted by Gasteiger charge is 2.21. The summed E-state index contributed by atoms with van der Waals surface area (Å²) in [5, 5.41) is 2.07. The molecule has 0 spiro atoms. The molecule has 2 aliphatic rings. The highest BCUT2D eigenvalue weighted by molar-refractivity contribution is 4.78. The van der Waals surface area contributed by atoms with Crippen LogP contribution in [-0.2, 0) is 4.74 Å². The van der Waals surface area contributed by atoms with E-state index < -0.39 is 58.0 Å².